The number of anilines is 1. The molecule has 2 N–H and O–H groups in total. The van der Waals surface area contributed by atoms with Crippen molar-refractivity contribution < 1.29 is 18.1 Å². The minimum absolute atomic E-state index is 0.0510. The number of nitrogens with zero attached hydrogens (tertiary/aromatic N) is 2. The van der Waals surface area contributed by atoms with Gasteiger partial charge in [0, 0.05) is 18.0 Å². The molecule has 4 rings (SSSR count). The van der Waals surface area contributed by atoms with Gasteiger partial charge in [-0.15, -0.1) is 11.3 Å². The zero-order valence-electron chi connectivity index (χ0n) is 17.2. The molecule has 0 aliphatic carbocycles. The van der Waals surface area contributed by atoms with E-state index in [2.05, 4.69) is 20.6 Å². The average Bonchev–Trinajstić information content (AvgIpc) is 3.22. The molecule has 2 aromatic carbocycles. The second kappa shape index (κ2) is 10.1. The van der Waals surface area contributed by atoms with E-state index in [0.717, 1.165) is 5.56 Å². The molecule has 1 unspecified atom stereocenters. The molecule has 33 heavy (non-hydrogen) atoms. The van der Waals surface area contributed by atoms with Gasteiger partial charge in [0.25, 0.3) is 0 Å². The fraction of sp³-hybridized carbons (Fsp3) is 0.0909. The van der Waals surface area contributed by atoms with E-state index in [-0.39, 0.29) is 29.1 Å². The number of hydrogen-bond acceptors (Lipinski definition) is 7. The Labute approximate surface area is 200 Å². The lowest BCUT2D eigenvalue weighted by Gasteiger charge is -2.11. The summed E-state index contributed by atoms with van der Waals surface area (Å²) in [5.74, 6) is -0.823. The highest BCUT2D eigenvalue weighted by molar-refractivity contribution is 7.86. The molecule has 0 spiro atoms. The van der Waals surface area contributed by atoms with Crippen LogP contribution in [0.4, 0.5) is 10.1 Å². The van der Waals surface area contributed by atoms with Gasteiger partial charge in [-0.3, -0.25) is 9.00 Å². The number of halogens is 1. The maximum atomic E-state index is 14.7. The second-order valence-electron chi connectivity index (χ2n) is 6.83. The summed E-state index contributed by atoms with van der Waals surface area (Å²) in [6.45, 7) is 0. The fourth-order valence-corrected chi connectivity index (χ4v) is 4.86. The number of carbonyl (C=O) groups is 1. The van der Waals surface area contributed by atoms with Crippen LogP contribution in [0.1, 0.15) is 5.56 Å². The Bertz CT molecular complexity index is 1360. The van der Waals surface area contributed by atoms with E-state index in [1.54, 1.807) is 18.4 Å². The molecule has 1 amide bonds. The number of thiophene rings is 1. The van der Waals surface area contributed by atoms with Gasteiger partial charge in [-0.2, -0.15) is 0 Å². The summed E-state index contributed by atoms with van der Waals surface area (Å²) < 4.78 is 32.7. The number of ether oxygens (including phenoxy) is 1. The average molecular weight is 501 g/mol. The van der Waals surface area contributed by atoms with Gasteiger partial charge in [-0.05, 0) is 36.0 Å². The normalized spacial score (nSPS) is 11.7. The summed E-state index contributed by atoms with van der Waals surface area (Å²) in [6, 6.07) is 15.1. The van der Waals surface area contributed by atoms with Gasteiger partial charge in [-0.25, -0.2) is 14.4 Å². The Morgan fingerprint density at radius 3 is 2.70 bits per heavy atom. The number of nitrogens with one attached hydrogen (secondary N) is 2. The zero-order valence-corrected chi connectivity index (χ0v) is 19.7. The molecule has 1 atom stereocenters. The molecular formula is C22H17FN4O3S3. The number of hydrogen-bond donors (Lipinski definition) is 2. The maximum Gasteiger partial charge on any atom is 0.231 e. The summed E-state index contributed by atoms with van der Waals surface area (Å²) in [5, 5.41) is 5.96. The monoisotopic (exact) mass is 500 g/mol. The lowest BCUT2D eigenvalue weighted by atomic mass is 10.1. The van der Waals surface area contributed by atoms with Crippen molar-refractivity contribution in [3.8, 4) is 11.6 Å². The molecule has 168 valence electrons. The first-order valence-corrected chi connectivity index (χ1v) is 12.4. The van der Waals surface area contributed by atoms with E-state index in [1.807, 2.05) is 30.3 Å². The summed E-state index contributed by atoms with van der Waals surface area (Å²) in [6.07, 6.45) is 3.05. The van der Waals surface area contributed by atoms with Crippen molar-refractivity contribution in [3.63, 3.8) is 0 Å². The van der Waals surface area contributed by atoms with Gasteiger partial charge in [-0.1, -0.05) is 30.3 Å². The van der Waals surface area contributed by atoms with Crippen molar-refractivity contribution in [2.45, 2.75) is 10.6 Å². The van der Waals surface area contributed by atoms with E-state index in [1.165, 1.54) is 29.8 Å². The quantitative estimate of drug-likeness (QED) is 0.379. The van der Waals surface area contributed by atoms with Gasteiger partial charge in [0.15, 0.2) is 16.7 Å². The van der Waals surface area contributed by atoms with E-state index < -0.39 is 16.6 Å². The van der Waals surface area contributed by atoms with E-state index in [9.17, 15) is 13.4 Å². The largest absolute Gasteiger partial charge is 0.435 e. The standard InChI is InChI=1S/C22H17FN4O3S3/c1-33(29)19-11-15-20(24-12-25-21(15)32-19)30-17-8-7-14(10-16(17)23)26-22(31)27-18(28)9-13-5-3-2-4-6-13/h2-8,10-12H,9H2,1H3,(H2,26,27,28,31). The minimum atomic E-state index is -1.18. The van der Waals surface area contributed by atoms with E-state index in [0.29, 0.717) is 20.1 Å². The highest BCUT2D eigenvalue weighted by Crippen LogP contribution is 2.34. The molecule has 4 aromatic rings. The molecule has 0 aliphatic rings. The van der Waals surface area contributed by atoms with Crippen molar-refractivity contribution >= 4 is 61.3 Å². The van der Waals surface area contributed by atoms with Crippen LogP contribution in [0.25, 0.3) is 10.2 Å². The minimum Gasteiger partial charge on any atom is -0.435 e. The Kier molecular flexibility index (Phi) is 7.02. The van der Waals surface area contributed by atoms with Crippen molar-refractivity contribution in [1.29, 1.82) is 0 Å². The summed E-state index contributed by atoms with van der Waals surface area (Å²) in [5.41, 5.74) is 1.20. The van der Waals surface area contributed by atoms with Gasteiger partial charge < -0.3 is 15.4 Å². The number of amides is 1. The third kappa shape index (κ3) is 5.75. The molecule has 0 radical (unpaired) electrons. The van der Waals surface area contributed by atoms with Crippen molar-refractivity contribution in [2.75, 3.05) is 11.6 Å². The highest BCUT2D eigenvalue weighted by atomic mass is 32.2. The Morgan fingerprint density at radius 1 is 1.18 bits per heavy atom. The molecule has 0 aliphatic heterocycles. The van der Waals surface area contributed by atoms with Crippen LogP contribution in [0, 0.1) is 5.82 Å². The van der Waals surface area contributed by atoms with Crippen LogP contribution in [0.2, 0.25) is 0 Å². The zero-order chi connectivity index (χ0) is 23.4. The lowest BCUT2D eigenvalue weighted by molar-refractivity contribution is -0.119. The number of aromatic nitrogens is 2. The molecule has 11 heteroatoms. The highest BCUT2D eigenvalue weighted by Gasteiger charge is 2.15. The summed E-state index contributed by atoms with van der Waals surface area (Å²) in [4.78, 5) is 20.9. The van der Waals surface area contributed by atoms with Crippen LogP contribution in [0.5, 0.6) is 11.6 Å². The first kappa shape index (κ1) is 22.9. The molecule has 2 heterocycles. The predicted molar refractivity (Wildman–Crippen MR) is 131 cm³/mol. The van der Waals surface area contributed by atoms with Crippen molar-refractivity contribution in [3.05, 3.63) is 72.3 Å². The third-order valence-electron chi connectivity index (χ3n) is 4.41. The summed E-state index contributed by atoms with van der Waals surface area (Å²) in [7, 11) is -1.18. The SMILES string of the molecule is CS(=O)c1cc2c(Oc3ccc(NC(=S)NC(=O)Cc4ccccc4)cc3F)ncnc2s1. The molecule has 0 bridgehead atoms. The Balaban J connectivity index is 1.42. The number of fused-ring (bicyclic) bond motifs is 1. The predicted octanol–water partition coefficient (Wildman–Crippen LogP) is 4.42. The molecule has 0 saturated carbocycles. The molecule has 0 saturated heterocycles. The smallest absolute Gasteiger partial charge is 0.231 e. The number of carbonyl (C=O) groups excluding carboxylic acids is 1. The van der Waals surface area contributed by atoms with Gasteiger partial charge in [0.05, 0.1) is 26.8 Å². The topological polar surface area (TPSA) is 93.2 Å². The van der Waals surface area contributed by atoms with Crippen molar-refractivity contribution in [2.24, 2.45) is 0 Å². The first-order chi connectivity index (χ1) is 15.9. The molecular weight excluding hydrogens is 483 g/mol. The van der Waals surface area contributed by atoms with E-state index in [4.69, 9.17) is 17.0 Å². The Hall–Kier alpha value is -3.28. The van der Waals surface area contributed by atoms with Crippen LogP contribution < -0.4 is 15.4 Å². The lowest BCUT2D eigenvalue weighted by Crippen LogP contribution is -2.35. The fourth-order valence-electron chi connectivity index (χ4n) is 2.91. The van der Waals surface area contributed by atoms with Gasteiger partial charge >= 0.3 is 0 Å². The second-order valence-corrected chi connectivity index (χ2v) is 9.87. The Morgan fingerprint density at radius 2 is 1.97 bits per heavy atom. The first-order valence-electron chi connectivity index (χ1n) is 9.59. The summed E-state index contributed by atoms with van der Waals surface area (Å²) >= 11 is 6.41. The van der Waals surface area contributed by atoms with Crippen molar-refractivity contribution in [1.82, 2.24) is 15.3 Å². The number of benzene rings is 2. The molecule has 2 aromatic heterocycles. The van der Waals surface area contributed by atoms with Crippen LogP contribution in [0.3, 0.4) is 0 Å². The molecule has 0 fully saturated rings. The molecule has 7 nitrogen and oxygen atoms in total. The van der Waals surface area contributed by atoms with Crippen LogP contribution in [-0.4, -0.2) is 31.5 Å². The van der Waals surface area contributed by atoms with Gasteiger partial charge in [0.2, 0.25) is 11.8 Å². The maximum absolute atomic E-state index is 14.7. The van der Waals surface area contributed by atoms with Gasteiger partial charge in [0.1, 0.15) is 11.2 Å². The van der Waals surface area contributed by atoms with E-state index >= 15 is 0 Å². The van der Waals surface area contributed by atoms with Crippen LogP contribution in [-0.2, 0) is 22.0 Å². The third-order valence-corrected chi connectivity index (χ3v) is 7.09. The number of rotatable bonds is 6. The van der Waals surface area contributed by atoms with Crippen LogP contribution >= 0.6 is 23.6 Å². The van der Waals surface area contributed by atoms with Crippen LogP contribution in [0.15, 0.2) is 65.1 Å². The number of thiocarbonyl (C=S) groups is 1.